The van der Waals surface area contributed by atoms with Crippen LogP contribution < -0.4 is 0 Å². The smallest absolute Gasteiger partial charge is 0.356 e. The molecule has 0 radical (unpaired) electrons. The van der Waals surface area contributed by atoms with Crippen molar-refractivity contribution in [3.8, 4) is 5.88 Å². The van der Waals surface area contributed by atoms with Crippen LogP contribution in [-0.4, -0.2) is 35.9 Å². The topological polar surface area (TPSA) is 101 Å². The molecule has 0 fully saturated rings. The first-order valence-corrected chi connectivity index (χ1v) is 4.41. The Morgan fingerprint density at radius 3 is 2.62 bits per heavy atom. The van der Waals surface area contributed by atoms with Crippen LogP contribution in [0.25, 0.3) is 0 Å². The molecule has 7 nitrogen and oxygen atoms in total. The van der Waals surface area contributed by atoms with Crippen LogP contribution in [0, 0.1) is 0 Å². The van der Waals surface area contributed by atoms with Gasteiger partial charge in [-0.05, 0) is 0 Å². The average molecular weight is 220 g/mol. The maximum Gasteiger partial charge on any atom is 0.356 e. The largest absolute Gasteiger partial charge is 0.493 e. The number of aromatic hydroxyl groups is 1. The van der Waals surface area contributed by atoms with Gasteiger partial charge in [-0.3, -0.25) is 0 Å². The molecule has 2 rings (SSSR count). The molecule has 2 aromatic heterocycles. The minimum absolute atomic E-state index is 0.200. The number of carboxylic acids is 1. The van der Waals surface area contributed by atoms with Crippen molar-refractivity contribution in [2.75, 3.05) is 0 Å². The molecule has 0 amide bonds. The molecule has 0 aliphatic rings. The molecule has 0 aliphatic heterocycles. The van der Waals surface area contributed by atoms with Crippen LogP contribution >= 0.6 is 0 Å². The van der Waals surface area contributed by atoms with Crippen LogP contribution in [0.4, 0.5) is 0 Å². The van der Waals surface area contributed by atoms with Gasteiger partial charge in [-0.1, -0.05) is 0 Å². The van der Waals surface area contributed by atoms with E-state index in [2.05, 4.69) is 15.1 Å². The van der Waals surface area contributed by atoms with Gasteiger partial charge in [-0.25, -0.2) is 19.4 Å². The van der Waals surface area contributed by atoms with Crippen LogP contribution in [0.3, 0.4) is 0 Å². The normalized spacial score (nSPS) is 10.2. The Kier molecular flexibility index (Phi) is 2.50. The number of hydrogen-bond donors (Lipinski definition) is 2. The molecule has 0 aromatic carbocycles. The molecule has 0 unspecified atom stereocenters. The van der Waals surface area contributed by atoms with Crippen LogP contribution in [-0.2, 0) is 6.54 Å². The highest BCUT2D eigenvalue weighted by atomic mass is 16.4. The summed E-state index contributed by atoms with van der Waals surface area (Å²) in [4.78, 5) is 18.2. The standard InChI is InChI=1S/C9H8N4O3/c14-8-1-7(9(15)16)12-13(8)4-6-2-10-5-11-3-6/h1-3,5,14H,4H2,(H,15,16). The molecule has 82 valence electrons. The summed E-state index contributed by atoms with van der Waals surface area (Å²) in [5.41, 5.74) is 0.521. The SMILES string of the molecule is O=C(O)c1cc(O)n(Cc2cncnc2)n1. The summed E-state index contributed by atoms with van der Waals surface area (Å²) in [7, 11) is 0. The summed E-state index contributed by atoms with van der Waals surface area (Å²) >= 11 is 0. The molecule has 0 saturated carbocycles. The first-order chi connectivity index (χ1) is 7.66. The molecule has 0 atom stereocenters. The van der Waals surface area contributed by atoms with E-state index in [1.54, 1.807) is 12.4 Å². The van der Waals surface area contributed by atoms with E-state index in [1.165, 1.54) is 11.0 Å². The van der Waals surface area contributed by atoms with Gasteiger partial charge in [0.1, 0.15) is 6.33 Å². The molecule has 0 spiro atoms. The molecule has 16 heavy (non-hydrogen) atoms. The quantitative estimate of drug-likeness (QED) is 0.762. The highest BCUT2D eigenvalue weighted by Crippen LogP contribution is 2.13. The van der Waals surface area contributed by atoms with Gasteiger partial charge in [0.25, 0.3) is 0 Å². The number of hydrogen-bond acceptors (Lipinski definition) is 5. The van der Waals surface area contributed by atoms with Crippen molar-refractivity contribution in [1.82, 2.24) is 19.7 Å². The predicted molar refractivity (Wildman–Crippen MR) is 52.0 cm³/mol. The van der Waals surface area contributed by atoms with Gasteiger partial charge < -0.3 is 10.2 Å². The Labute approximate surface area is 90.0 Å². The lowest BCUT2D eigenvalue weighted by molar-refractivity contribution is 0.0689. The molecular weight excluding hydrogens is 212 g/mol. The van der Waals surface area contributed by atoms with Crippen molar-refractivity contribution >= 4 is 5.97 Å². The summed E-state index contributed by atoms with van der Waals surface area (Å²) in [6.07, 6.45) is 4.51. The highest BCUT2D eigenvalue weighted by molar-refractivity contribution is 5.85. The highest BCUT2D eigenvalue weighted by Gasteiger charge is 2.12. The first-order valence-electron chi connectivity index (χ1n) is 4.41. The summed E-state index contributed by atoms with van der Waals surface area (Å²) in [6.45, 7) is 0.222. The van der Waals surface area contributed by atoms with Gasteiger partial charge in [0.05, 0.1) is 6.54 Å². The monoisotopic (exact) mass is 220 g/mol. The fourth-order valence-electron chi connectivity index (χ4n) is 1.21. The van der Waals surface area contributed by atoms with Crippen molar-refractivity contribution in [3.05, 3.63) is 36.0 Å². The predicted octanol–water partition coefficient (Wildman–Crippen LogP) is 0.125. The van der Waals surface area contributed by atoms with Gasteiger partial charge >= 0.3 is 5.97 Å². The van der Waals surface area contributed by atoms with Crippen LogP contribution in [0.15, 0.2) is 24.8 Å². The third-order valence-corrected chi connectivity index (χ3v) is 1.92. The molecule has 0 aliphatic carbocycles. The molecule has 0 saturated heterocycles. The van der Waals surface area contributed by atoms with Crippen molar-refractivity contribution < 1.29 is 15.0 Å². The van der Waals surface area contributed by atoms with Gasteiger partial charge in [0.15, 0.2) is 5.69 Å². The van der Waals surface area contributed by atoms with E-state index < -0.39 is 5.97 Å². The second-order valence-electron chi connectivity index (χ2n) is 3.10. The zero-order valence-electron chi connectivity index (χ0n) is 8.11. The second-order valence-corrected chi connectivity index (χ2v) is 3.10. The van der Waals surface area contributed by atoms with Crippen molar-refractivity contribution in [1.29, 1.82) is 0 Å². The maximum atomic E-state index is 10.6. The van der Waals surface area contributed by atoms with Gasteiger partial charge in [0.2, 0.25) is 5.88 Å². The second kappa shape index (κ2) is 3.97. The Bertz CT molecular complexity index is 509. The maximum absolute atomic E-state index is 10.6. The van der Waals surface area contributed by atoms with E-state index in [-0.39, 0.29) is 18.1 Å². The van der Waals surface area contributed by atoms with Gasteiger partial charge in [0, 0.05) is 24.0 Å². The lowest BCUT2D eigenvalue weighted by Gasteiger charge is -2.01. The van der Waals surface area contributed by atoms with E-state index in [4.69, 9.17) is 5.11 Å². The van der Waals surface area contributed by atoms with E-state index in [1.807, 2.05) is 0 Å². The first kappa shape index (κ1) is 10.1. The van der Waals surface area contributed by atoms with E-state index in [0.29, 0.717) is 0 Å². The summed E-state index contributed by atoms with van der Waals surface area (Å²) in [5.74, 6) is -1.39. The third-order valence-electron chi connectivity index (χ3n) is 1.92. The number of carboxylic acid groups (broad SMARTS) is 1. The Balaban J connectivity index is 2.25. The van der Waals surface area contributed by atoms with Gasteiger partial charge in [-0.15, -0.1) is 0 Å². The van der Waals surface area contributed by atoms with E-state index >= 15 is 0 Å². The summed E-state index contributed by atoms with van der Waals surface area (Å²) < 4.78 is 1.17. The van der Waals surface area contributed by atoms with Crippen molar-refractivity contribution in [3.63, 3.8) is 0 Å². The number of carbonyl (C=O) groups is 1. The Hall–Kier alpha value is -2.44. The van der Waals surface area contributed by atoms with Crippen molar-refractivity contribution in [2.24, 2.45) is 0 Å². The Morgan fingerprint density at radius 2 is 2.06 bits per heavy atom. The van der Waals surface area contributed by atoms with E-state index in [9.17, 15) is 9.90 Å². The fourth-order valence-corrected chi connectivity index (χ4v) is 1.21. The lowest BCUT2D eigenvalue weighted by Crippen LogP contribution is -2.04. The van der Waals surface area contributed by atoms with Crippen LogP contribution in [0.1, 0.15) is 16.1 Å². The minimum Gasteiger partial charge on any atom is -0.493 e. The zero-order valence-corrected chi connectivity index (χ0v) is 8.11. The number of rotatable bonds is 3. The number of aromatic nitrogens is 4. The van der Waals surface area contributed by atoms with Gasteiger partial charge in [-0.2, -0.15) is 5.10 Å². The third kappa shape index (κ3) is 1.97. The summed E-state index contributed by atoms with van der Waals surface area (Å²) in [6, 6.07) is 1.09. The molecule has 7 heteroatoms. The minimum atomic E-state index is -1.18. The molecule has 2 aromatic rings. The Morgan fingerprint density at radius 1 is 1.38 bits per heavy atom. The number of aromatic carboxylic acids is 1. The fraction of sp³-hybridized carbons (Fsp3) is 0.111. The van der Waals surface area contributed by atoms with Crippen LogP contribution in [0.5, 0.6) is 5.88 Å². The average Bonchev–Trinajstić information content (AvgIpc) is 2.62. The van der Waals surface area contributed by atoms with E-state index in [0.717, 1.165) is 11.6 Å². The lowest BCUT2D eigenvalue weighted by atomic mass is 10.3. The molecular formula is C9H8N4O3. The molecule has 0 bridgehead atoms. The zero-order chi connectivity index (χ0) is 11.5. The van der Waals surface area contributed by atoms with Crippen LogP contribution in [0.2, 0.25) is 0 Å². The summed E-state index contributed by atoms with van der Waals surface area (Å²) in [5, 5.41) is 21.8. The van der Waals surface area contributed by atoms with Crippen molar-refractivity contribution in [2.45, 2.75) is 6.54 Å². The number of nitrogens with zero attached hydrogens (tertiary/aromatic N) is 4. The molecule has 2 N–H and O–H groups in total. The molecule has 2 heterocycles.